The molecular weight excluding hydrogens is 427 g/mol. The Morgan fingerprint density at radius 3 is 2.34 bits per heavy atom. The topological polar surface area (TPSA) is 104 Å². The molecule has 0 spiro atoms. The molecule has 0 bridgehead atoms. The Kier molecular flexibility index (Phi) is 7.09. The molecule has 0 atom stereocenters. The van der Waals surface area contributed by atoms with Crippen molar-refractivity contribution in [2.24, 2.45) is 14.1 Å². The van der Waals surface area contributed by atoms with Gasteiger partial charge in [-0.15, -0.1) is 0 Å². The van der Waals surface area contributed by atoms with E-state index in [1.165, 1.54) is 14.1 Å². The molecule has 2 aromatic rings. The Bertz CT molecular complexity index is 1110. The molecule has 156 valence electrons. The molecule has 9 nitrogen and oxygen atoms in total. The van der Waals surface area contributed by atoms with Crippen molar-refractivity contribution < 1.29 is 18.7 Å². The van der Waals surface area contributed by atoms with Crippen LogP contribution in [0.3, 0.4) is 0 Å². The highest BCUT2D eigenvalue weighted by Crippen LogP contribution is 2.22. The van der Waals surface area contributed by atoms with Crippen LogP contribution in [0.2, 0.25) is 5.02 Å². The monoisotopic (exact) mass is 444 g/mol. The Hall–Kier alpha value is -2.79. The SMILES string of the molecule is CCOC(=O)CCNC(=O)c1cc(-n2c(=O)n(C)c(=S)n(C)c2=O)c(F)cc1Cl. The van der Waals surface area contributed by atoms with Crippen LogP contribution in [-0.2, 0) is 23.6 Å². The molecule has 0 fully saturated rings. The van der Waals surface area contributed by atoms with Crippen LogP contribution >= 0.6 is 23.8 Å². The number of carbonyl (C=O) groups is 2. The fourth-order valence-electron chi connectivity index (χ4n) is 2.47. The van der Waals surface area contributed by atoms with Crippen molar-refractivity contribution in [2.45, 2.75) is 13.3 Å². The number of carbonyl (C=O) groups excluding carboxylic acids is 2. The van der Waals surface area contributed by atoms with Crippen LogP contribution in [-0.4, -0.2) is 38.7 Å². The van der Waals surface area contributed by atoms with Gasteiger partial charge in [0.2, 0.25) is 0 Å². The van der Waals surface area contributed by atoms with Gasteiger partial charge >= 0.3 is 17.3 Å². The zero-order valence-electron chi connectivity index (χ0n) is 15.8. The van der Waals surface area contributed by atoms with Crippen LogP contribution in [0, 0.1) is 10.6 Å². The lowest BCUT2D eigenvalue weighted by Crippen LogP contribution is -2.44. The van der Waals surface area contributed by atoms with E-state index in [0.717, 1.165) is 21.3 Å². The van der Waals surface area contributed by atoms with Gasteiger partial charge in [-0.25, -0.2) is 18.5 Å². The zero-order valence-corrected chi connectivity index (χ0v) is 17.4. The summed E-state index contributed by atoms with van der Waals surface area (Å²) in [5.74, 6) is -2.19. The van der Waals surface area contributed by atoms with Gasteiger partial charge in [0, 0.05) is 20.6 Å². The van der Waals surface area contributed by atoms with Gasteiger partial charge in [0.25, 0.3) is 5.91 Å². The lowest BCUT2D eigenvalue weighted by atomic mass is 10.1. The van der Waals surface area contributed by atoms with E-state index in [2.05, 4.69) is 5.32 Å². The molecule has 2 rings (SSSR count). The van der Waals surface area contributed by atoms with Crippen molar-refractivity contribution in [1.29, 1.82) is 0 Å². The minimum Gasteiger partial charge on any atom is -0.466 e. The molecule has 0 unspecified atom stereocenters. The maximum absolute atomic E-state index is 14.5. The molecular formula is C17H18ClFN4O5S. The van der Waals surface area contributed by atoms with Gasteiger partial charge in [-0.2, -0.15) is 0 Å². The number of hydrogen-bond acceptors (Lipinski definition) is 6. The number of nitrogens with one attached hydrogen (secondary N) is 1. The Morgan fingerprint density at radius 2 is 1.79 bits per heavy atom. The van der Waals surface area contributed by atoms with Gasteiger partial charge in [0.15, 0.2) is 4.77 Å². The van der Waals surface area contributed by atoms with Gasteiger partial charge in [-0.1, -0.05) is 11.6 Å². The molecule has 0 aliphatic rings. The fourth-order valence-corrected chi connectivity index (χ4v) is 2.86. The summed E-state index contributed by atoms with van der Waals surface area (Å²) >= 11 is 10.9. The molecule has 1 heterocycles. The number of benzene rings is 1. The quantitative estimate of drug-likeness (QED) is 0.528. The van der Waals surface area contributed by atoms with E-state index in [1.807, 2.05) is 0 Å². The van der Waals surface area contributed by atoms with Crippen LogP contribution in [0.4, 0.5) is 4.39 Å². The van der Waals surface area contributed by atoms with Crippen LogP contribution in [0.1, 0.15) is 23.7 Å². The third-order valence-electron chi connectivity index (χ3n) is 3.97. The molecule has 1 N–H and O–H groups in total. The summed E-state index contributed by atoms with van der Waals surface area (Å²) in [6, 6.07) is 1.81. The molecule has 1 aromatic heterocycles. The Labute approximate surface area is 174 Å². The van der Waals surface area contributed by atoms with Gasteiger partial charge in [-0.3, -0.25) is 18.7 Å². The van der Waals surface area contributed by atoms with Crippen molar-refractivity contribution >= 4 is 35.7 Å². The number of halogens is 2. The second kappa shape index (κ2) is 9.14. The first-order valence-electron chi connectivity index (χ1n) is 8.42. The number of aromatic nitrogens is 3. The second-order valence-corrected chi connectivity index (χ2v) is 6.67. The van der Waals surface area contributed by atoms with Crippen molar-refractivity contribution in [3.05, 3.63) is 54.3 Å². The van der Waals surface area contributed by atoms with E-state index < -0.39 is 34.8 Å². The minimum atomic E-state index is -0.977. The summed E-state index contributed by atoms with van der Waals surface area (Å²) < 4.78 is 21.8. The normalized spacial score (nSPS) is 10.7. The summed E-state index contributed by atoms with van der Waals surface area (Å²) in [6.07, 6.45) is -0.0681. The van der Waals surface area contributed by atoms with Crippen LogP contribution in [0.15, 0.2) is 21.7 Å². The smallest absolute Gasteiger partial charge is 0.338 e. The minimum absolute atomic E-state index is 0.0397. The van der Waals surface area contributed by atoms with Crippen molar-refractivity contribution in [3.8, 4) is 5.69 Å². The number of ether oxygens (including phenoxy) is 1. The largest absolute Gasteiger partial charge is 0.466 e. The molecule has 0 saturated heterocycles. The predicted octanol–water partition coefficient (Wildman–Crippen LogP) is 1.08. The summed E-state index contributed by atoms with van der Waals surface area (Å²) in [6.45, 7) is 1.83. The standard InChI is InChI=1S/C17H18ClFN4O5S/c1-4-28-13(24)5-6-20-14(25)9-7-12(11(19)8-10(9)18)23-15(26)21(2)17(29)22(3)16(23)27/h7-8H,4-6H2,1-3H3,(H,20,25). The van der Waals surface area contributed by atoms with E-state index in [1.54, 1.807) is 6.92 Å². The summed E-state index contributed by atoms with van der Waals surface area (Å²) in [5, 5.41) is 2.22. The molecule has 12 heteroatoms. The molecule has 1 aromatic carbocycles. The van der Waals surface area contributed by atoms with Crippen molar-refractivity contribution in [2.75, 3.05) is 13.2 Å². The van der Waals surface area contributed by atoms with Crippen LogP contribution in [0.25, 0.3) is 5.69 Å². The van der Waals surface area contributed by atoms with Crippen molar-refractivity contribution in [3.63, 3.8) is 0 Å². The van der Waals surface area contributed by atoms with Gasteiger partial charge in [0.1, 0.15) is 5.82 Å². The van der Waals surface area contributed by atoms with E-state index in [-0.39, 0.29) is 34.9 Å². The maximum Gasteiger partial charge on any atom is 0.338 e. The third-order valence-corrected chi connectivity index (χ3v) is 4.83. The second-order valence-electron chi connectivity index (χ2n) is 5.90. The average molecular weight is 445 g/mol. The Balaban J connectivity index is 2.47. The zero-order chi connectivity index (χ0) is 21.9. The number of hydrogen-bond donors (Lipinski definition) is 1. The summed E-state index contributed by atoms with van der Waals surface area (Å²) in [7, 11) is 2.66. The van der Waals surface area contributed by atoms with Crippen LogP contribution < -0.4 is 16.7 Å². The number of rotatable bonds is 6. The maximum atomic E-state index is 14.5. The average Bonchev–Trinajstić information content (AvgIpc) is 2.66. The van der Waals surface area contributed by atoms with E-state index in [0.29, 0.717) is 4.57 Å². The molecule has 0 radical (unpaired) electrons. The summed E-state index contributed by atoms with van der Waals surface area (Å²) in [5.41, 5.74) is -2.40. The highest BCUT2D eigenvalue weighted by Gasteiger charge is 2.20. The lowest BCUT2D eigenvalue weighted by Gasteiger charge is -2.13. The van der Waals surface area contributed by atoms with Gasteiger partial charge in [-0.05, 0) is 31.3 Å². The number of amides is 1. The first-order valence-corrected chi connectivity index (χ1v) is 9.21. The van der Waals surface area contributed by atoms with Gasteiger partial charge in [0.05, 0.1) is 29.3 Å². The molecule has 29 heavy (non-hydrogen) atoms. The highest BCUT2D eigenvalue weighted by atomic mass is 35.5. The Morgan fingerprint density at radius 1 is 1.21 bits per heavy atom. The van der Waals surface area contributed by atoms with E-state index in [4.69, 9.17) is 28.6 Å². The van der Waals surface area contributed by atoms with E-state index in [9.17, 15) is 23.6 Å². The predicted molar refractivity (Wildman–Crippen MR) is 106 cm³/mol. The lowest BCUT2D eigenvalue weighted by molar-refractivity contribution is -0.142. The fraction of sp³-hybridized carbons (Fsp3) is 0.353. The summed E-state index contributed by atoms with van der Waals surface area (Å²) in [4.78, 5) is 48.7. The molecule has 1 amide bonds. The highest BCUT2D eigenvalue weighted by molar-refractivity contribution is 7.71. The first-order chi connectivity index (χ1) is 13.6. The van der Waals surface area contributed by atoms with Crippen molar-refractivity contribution in [1.82, 2.24) is 19.0 Å². The molecule has 0 aliphatic carbocycles. The third kappa shape index (κ3) is 4.62. The molecule has 0 saturated carbocycles. The van der Waals surface area contributed by atoms with Crippen LogP contribution in [0.5, 0.6) is 0 Å². The van der Waals surface area contributed by atoms with Gasteiger partial charge < -0.3 is 10.1 Å². The number of esters is 1. The van der Waals surface area contributed by atoms with E-state index >= 15 is 0 Å². The molecule has 0 aliphatic heterocycles. The number of nitrogens with zero attached hydrogens (tertiary/aromatic N) is 3. The first kappa shape index (κ1) is 22.5.